The Morgan fingerprint density at radius 1 is 1.03 bits per heavy atom. The molecule has 7 heteroatoms. The van der Waals surface area contributed by atoms with Gasteiger partial charge in [0, 0.05) is 25.6 Å². The Morgan fingerprint density at radius 2 is 1.82 bits per heavy atom. The van der Waals surface area contributed by atoms with Crippen LogP contribution in [0.2, 0.25) is 0 Å². The van der Waals surface area contributed by atoms with Gasteiger partial charge in [0.15, 0.2) is 0 Å². The zero-order valence-corrected chi connectivity index (χ0v) is 18.9. The molecule has 2 fully saturated rings. The summed E-state index contributed by atoms with van der Waals surface area (Å²) >= 11 is 0. The maximum absolute atomic E-state index is 13.0. The Bertz CT molecular complexity index is 1170. The fraction of sp³-hybridized carbons (Fsp3) is 0.333. The van der Waals surface area contributed by atoms with Crippen molar-refractivity contribution in [3.8, 4) is 5.75 Å². The molecule has 0 saturated carbocycles. The number of esters is 1. The molecule has 5 rings (SSSR count). The van der Waals surface area contributed by atoms with E-state index in [4.69, 9.17) is 4.74 Å². The molecule has 34 heavy (non-hydrogen) atoms. The third kappa shape index (κ3) is 4.02. The van der Waals surface area contributed by atoms with Crippen molar-refractivity contribution in [2.75, 3.05) is 11.4 Å². The Hall–Kier alpha value is -3.74. The molecule has 174 valence electrons. The average Bonchev–Trinajstić information content (AvgIpc) is 3.32. The van der Waals surface area contributed by atoms with Crippen LogP contribution in [0.15, 0.2) is 66.7 Å². The Balaban J connectivity index is 1.27. The van der Waals surface area contributed by atoms with Gasteiger partial charge in [0.05, 0.1) is 23.4 Å². The highest BCUT2D eigenvalue weighted by molar-refractivity contribution is 6.22. The van der Waals surface area contributed by atoms with Crippen LogP contribution in [-0.4, -0.2) is 35.1 Å². The minimum Gasteiger partial charge on any atom is -0.426 e. The van der Waals surface area contributed by atoms with Crippen LogP contribution < -0.4 is 9.64 Å². The molecule has 3 aliphatic rings. The second kappa shape index (κ2) is 8.89. The number of allylic oxidation sites excluding steroid dienone is 2. The molecule has 0 spiro atoms. The first-order valence-corrected chi connectivity index (χ1v) is 11.6. The number of ether oxygens (including phenoxy) is 1. The molecular formula is C27H26N2O5. The number of imide groups is 1. The summed E-state index contributed by atoms with van der Waals surface area (Å²) in [6.45, 7) is 2.70. The minimum atomic E-state index is -0.565. The molecular weight excluding hydrogens is 432 g/mol. The minimum absolute atomic E-state index is 0.0000501. The lowest BCUT2D eigenvalue weighted by atomic mass is 9.78. The lowest BCUT2D eigenvalue weighted by Crippen LogP contribution is -2.31. The van der Waals surface area contributed by atoms with Gasteiger partial charge < -0.3 is 9.64 Å². The monoisotopic (exact) mass is 458 g/mol. The summed E-state index contributed by atoms with van der Waals surface area (Å²) in [6, 6.07) is 16.1. The van der Waals surface area contributed by atoms with E-state index in [1.54, 1.807) is 29.2 Å². The van der Waals surface area contributed by atoms with Crippen LogP contribution in [0.5, 0.6) is 5.75 Å². The molecule has 3 amide bonds. The number of hydrogen-bond donors (Lipinski definition) is 0. The molecule has 1 aliphatic carbocycles. The van der Waals surface area contributed by atoms with Crippen molar-refractivity contribution in [3.63, 3.8) is 0 Å². The first kappa shape index (κ1) is 22.1. The molecule has 4 atom stereocenters. The summed E-state index contributed by atoms with van der Waals surface area (Å²) in [5, 5.41) is 0. The van der Waals surface area contributed by atoms with Crippen LogP contribution in [0.25, 0.3) is 0 Å². The van der Waals surface area contributed by atoms with Crippen molar-refractivity contribution in [2.45, 2.75) is 26.3 Å². The van der Waals surface area contributed by atoms with Crippen molar-refractivity contribution < 1.29 is 23.9 Å². The normalized spacial score (nSPS) is 26.2. The predicted molar refractivity (Wildman–Crippen MR) is 124 cm³/mol. The van der Waals surface area contributed by atoms with Gasteiger partial charge in [-0.1, -0.05) is 55.5 Å². The number of benzene rings is 2. The summed E-state index contributed by atoms with van der Waals surface area (Å²) in [5.41, 5.74) is 1.40. The number of hydrogen-bond acceptors (Lipinski definition) is 5. The van der Waals surface area contributed by atoms with Gasteiger partial charge in [-0.3, -0.25) is 19.2 Å². The van der Waals surface area contributed by atoms with Crippen molar-refractivity contribution in [3.05, 3.63) is 72.3 Å². The Morgan fingerprint density at radius 3 is 2.59 bits per heavy atom. The number of carbonyl (C=O) groups is 4. The van der Waals surface area contributed by atoms with Gasteiger partial charge in [-0.2, -0.15) is 0 Å². The summed E-state index contributed by atoms with van der Waals surface area (Å²) in [6.07, 6.45) is 4.60. The topological polar surface area (TPSA) is 84.0 Å². The van der Waals surface area contributed by atoms with E-state index in [1.165, 1.54) is 4.90 Å². The zero-order chi connectivity index (χ0) is 23.8. The molecule has 2 aliphatic heterocycles. The van der Waals surface area contributed by atoms with Gasteiger partial charge in [-0.25, -0.2) is 4.90 Å². The van der Waals surface area contributed by atoms with E-state index in [2.05, 4.69) is 0 Å². The van der Waals surface area contributed by atoms with Crippen LogP contribution in [0.3, 0.4) is 0 Å². The highest BCUT2D eigenvalue weighted by Crippen LogP contribution is 2.41. The molecule has 0 bridgehead atoms. The fourth-order valence-corrected chi connectivity index (χ4v) is 5.17. The van der Waals surface area contributed by atoms with Gasteiger partial charge >= 0.3 is 5.97 Å². The van der Waals surface area contributed by atoms with Crippen molar-refractivity contribution in [2.24, 2.45) is 23.7 Å². The molecule has 0 unspecified atom stereocenters. The van der Waals surface area contributed by atoms with Crippen molar-refractivity contribution in [1.29, 1.82) is 0 Å². The number of anilines is 1. The number of likely N-dealkylation sites (tertiary alicyclic amines) is 1. The van der Waals surface area contributed by atoms with E-state index in [9.17, 15) is 19.2 Å². The zero-order valence-electron chi connectivity index (χ0n) is 18.9. The van der Waals surface area contributed by atoms with Crippen LogP contribution in [0.4, 0.5) is 5.69 Å². The van der Waals surface area contributed by atoms with E-state index in [0.717, 1.165) is 5.56 Å². The Labute approximate surface area is 198 Å². The predicted octanol–water partition coefficient (Wildman–Crippen LogP) is 3.34. The second-order valence-corrected chi connectivity index (χ2v) is 9.25. The quantitative estimate of drug-likeness (QED) is 0.297. The van der Waals surface area contributed by atoms with Gasteiger partial charge in [0.2, 0.25) is 17.7 Å². The van der Waals surface area contributed by atoms with Crippen molar-refractivity contribution >= 4 is 29.4 Å². The summed E-state index contributed by atoms with van der Waals surface area (Å²) in [5.74, 6) is -2.03. The lowest BCUT2D eigenvalue weighted by molar-refractivity contribution is -0.139. The summed E-state index contributed by atoms with van der Waals surface area (Å²) in [4.78, 5) is 54.1. The van der Waals surface area contributed by atoms with Crippen LogP contribution in [0.1, 0.15) is 25.3 Å². The van der Waals surface area contributed by atoms with Crippen molar-refractivity contribution in [1.82, 2.24) is 4.90 Å². The van der Waals surface area contributed by atoms with E-state index in [0.29, 0.717) is 25.2 Å². The maximum atomic E-state index is 13.0. The highest BCUT2D eigenvalue weighted by atomic mass is 16.5. The van der Waals surface area contributed by atoms with Gasteiger partial charge in [-0.05, 0) is 30.0 Å². The molecule has 2 saturated heterocycles. The smallest absolute Gasteiger partial charge is 0.316 e. The van der Waals surface area contributed by atoms with E-state index >= 15 is 0 Å². The third-order valence-corrected chi connectivity index (χ3v) is 6.93. The highest BCUT2D eigenvalue weighted by Gasteiger charge is 2.50. The molecule has 7 nitrogen and oxygen atoms in total. The SMILES string of the molecule is C[C@@H]1C=CC[C@@H]2C(=O)N(c3cccc(OC(=O)[C@@H]4CC(=O)N(Cc5ccccc5)C4)c3)C(=O)[C@@H]12. The average molecular weight is 459 g/mol. The van der Waals surface area contributed by atoms with Crippen LogP contribution in [-0.2, 0) is 25.7 Å². The first-order valence-electron chi connectivity index (χ1n) is 11.6. The van der Waals surface area contributed by atoms with E-state index in [1.807, 2.05) is 49.4 Å². The van der Waals surface area contributed by atoms with Crippen LogP contribution >= 0.6 is 0 Å². The number of carbonyl (C=O) groups excluding carboxylic acids is 4. The lowest BCUT2D eigenvalue weighted by Gasteiger charge is -2.22. The number of amides is 3. The second-order valence-electron chi connectivity index (χ2n) is 9.25. The third-order valence-electron chi connectivity index (χ3n) is 6.93. The van der Waals surface area contributed by atoms with Gasteiger partial charge in [0.1, 0.15) is 5.75 Å². The fourth-order valence-electron chi connectivity index (χ4n) is 5.17. The standard InChI is InChI=1S/C27H26N2O5/c1-17-7-5-12-22-24(17)26(32)29(25(22)31)20-10-6-11-21(14-20)34-27(33)19-13-23(30)28(16-19)15-18-8-3-2-4-9-18/h2-11,14,17,19,22,24H,12-13,15-16H2,1H3/t17-,19-,22+,24+/m1/s1. The largest absolute Gasteiger partial charge is 0.426 e. The van der Waals surface area contributed by atoms with Crippen LogP contribution in [0, 0.1) is 23.7 Å². The molecule has 0 radical (unpaired) electrons. The van der Waals surface area contributed by atoms with E-state index < -0.39 is 11.9 Å². The summed E-state index contributed by atoms with van der Waals surface area (Å²) < 4.78 is 5.58. The van der Waals surface area contributed by atoms with Gasteiger partial charge in [0.25, 0.3) is 0 Å². The van der Waals surface area contributed by atoms with Gasteiger partial charge in [-0.15, -0.1) is 0 Å². The van der Waals surface area contributed by atoms with E-state index in [-0.39, 0.29) is 47.6 Å². The summed E-state index contributed by atoms with van der Waals surface area (Å²) in [7, 11) is 0. The molecule has 2 heterocycles. The first-order chi connectivity index (χ1) is 16.4. The molecule has 0 aromatic heterocycles. The number of rotatable bonds is 5. The maximum Gasteiger partial charge on any atom is 0.316 e. The Kier molecular flexibility index (Phi) is 5.77. The molecule has 2 aromatic carbocycles. The molecule has 2 aromatic rings. The molecule has 0 N–H and O–H groups in total. The number of fused-ring (bicyclic) bond motifs is 1. The number of nitrogens with zero attached hydrogens (tertiary/aromatic N) is 2.